The Balaban J connectivity index is 2.82. The molecule has 0 aromatic carbocycles. The van der Waals surface area contributed by atoms with E-state index in [4.69, 9.17) is 14.6 Å². The van der Waals surface area contributed by atoms with Gasteiger partial charge >= 0.3 is 12.1 Å². The highest BCUT2D eigenvalue weighted by molar-refractivity contribution is 5.80. The second kappa shape index (κ2) is 4.91. The van der Waals surface area contributed by atoms with E-state index in [9.17, 15) is 9.59 Å². The Hall–Kier alpha value is -1.30. The maximum Gasteiger partial charge on any atom is 0.411 e. The zero-order valence-corrected chi connectivity index (χ0v) is 10.6. The van der Waals surface area contributed by atoms with E-state index < -0.39 is 23.7 Å². The van der Waals surface area contributed by atoms with Crippen LogP contribution in [0.4, 0.5) is 4.79 Å². The number of carboxylic acids is 1. The predicted molar refractivity (Wildman–Crippen MR) is 59.8 cm³/mol. The van der Waals surface area contributed by atoms with Crippen molar-refractivity contribution in [1.82, 2.24) is 4.90 Å². The molecule has 1 aliphatic heterocycles. The second-order valence-electron chi connectivity index (χ2n) is 5.13. The van der Waals surface area contributed by atoms with Crippen molar-refractivity contribution in [1.29, 1.82) is 0 Å². The van der Waals surface area contributed by atoms with Gasteiger partial charge in [-0.1, -0.05) is 0 Å². The third-order valence-electron chi connectivity index (χ3n) is 2.33. The standard InChI is InChI=1S/C11H19NO5/c1-7-5-16-6-8(9(13)14)12(7)10(15)17-11(2,3)4/h7-8H,5-6H2,1-4H3,(H,13,14)/t7-,8+/m0/s1. The lowest BCUT2D eigenvalue weighted by Crippen LogP contribution is -2.57. The summed E-state index contributed by atoms with van der Waals surface area (Å²) in [6.07, 6.45) is -0.610. The number of morpholine rings is 1. The summed E-state index contributed by atoms with van der Waals surface area (Å²) in [5, 5.41) is 9.04. The summed E-state index contributed by atoms with van der Waals surface area (Å²) < 4.78 is 10.3. The molecular weight excluding hydrogens is 226 g/mol. The number of carboxylic acid groups (broad SMARTS) is 1. The molecule has 1 N–H and O–H groups in total. The highest BCUT2D eigenvalue weighted by Crippen LogP contribution is 2.18. The van der Waals surface area contributed by atoms with Gasteiger partial charge in [0.15, 0.2) is 6.04 Å². The van der Waals surface area contributed by atoms with Crippen molar-refractivity contribution in [2.24, 2.45) is 0 Å². The molecule has 17 heavy (non-hydrogen) atoms. The number of carbonyl (C=O) groups excluding carboxylic acids is 1. The molecule has 1 amide bonds. The molecule has 0 unspecified atom stereocenters. The van der Waals surface area contributed by atoms with Crippen molar-refractivity contribution in [2.75, 3.05) is 13.2 Å². The lowest BCUT2D eigenvalue weighted by molar-refractivity contribution is -0.151. The minimum atomic E-state index is -1.08. The number of rotatable bonds is 1. The molecule has 0 radical (unpaired) electrons. The first-order valence-electron chi connectivity index (χ1n) is 5.54. The summed E-state index contributed by atoms with van der Waals surface area (Å²) >= 11 is 0. The van der Waals surface area contributed by atoms with Crippen molar-refractivity contribution in [3.05, 3.63) is 0 Å². The largest absolute Gasteiger partial charge is 0.480 e. The number of hydrogen-bond acceptors (Lipinski definition) is 4. The fourth-order valence-corrected chi connectivity index (χ4v) is 1.63. The Bertz CT molecular complexity index is 309. The SMILES string of the molecule is C[C@H]1COC[C@H](C(=O)O)N1C(=O)OC(C)(C)C. The van der Waals surface area contributed by atoms with E-state index >= 15 is 0 Å². The molecule has 0 spiro atoms. The Morgan fingerprint density at radius 1 is 1.35 bits per heavy atom. The molecule has 0 bridgehead atoms. The summed E-state index contributed by atoms with van der Waals surface area (Å²) in [6, 6.07) is -1.28. The zero-order valence-electron chi connectivity index (χ0n) is 10.6. The minimum absolute atomic E-state index is 0.00108. The van der Waals surface area contributed by atoms with Crippen molar-refractivity contribution in [2.45, 2.75) is 45.4 Å². The van der Waals surface area contributed by atoms with Crippen LogP contribution in [0.25, 0.3) is 0 Å². The molecule has 1 saturated heterocycles. The van der Waals surface area contributed by atoms with Gasteiger partial charge < -0.3 is 14.6 Å². The molecule has 6 heteroatoms. The molecule has 0 saturated carbocycles. The fraction of sp³-hybridized carbons (Fsp3) is 0.818. The molecule has 6 nitrogen and oxygen atoms in total. The number of ether oxygens (including phenoxy) is 2. The van der Waals surface area contributed by atoms with Crippen LogP contribution in [-0.2, 0) is 14.3 Å². The smallest absolute Gasteiger partial charge is 0.411 e. The van der Waals surface area contributed by atoms with Crippen LogP contribution in [0.2, 0.25) is 0 Å². The summed E-state index contributed by atoms with van der Waals surface area (Å²) in [5.74, 6) is -1.08. The first-order chi connectivity index (χ1) is 7.72. The topological polar surface area (TPSA) is 76.1 Å². The number of nitrogens with zero attached hydrogens (tertiary/aromatic N) is 1. The quantitative estimate of drug-likeness (QED) is 0.748. The van der Waals surface area contributed by atoms with Gasteiger partial charge in [-0.2, -0.15) is 0 Å². The lowest BCUT2D eigenvalue weighted by Gasteiger charge is -2.38. The molecule has 1 heterocycles. The predicted octanol–water partition coefficient (Wildman–Crippen LogP) is 1.10. The molecular formula is C11H19NO5. The zero-order chi connectivity index (χ0) is 13.2. The number of amides is 1. The Labute approximate surface area is 100 Å². The average Bonchev–Trinajstić information content (AvgIpc) is 2.13. The highest BCUT2D eigenvalue weighted by Gasteiger charge is 2.39. The lowest BCUT2D eigenvalue weighted by atomic mass is 10.1. The molecule has 1 fully saturated rings. The first kappa shape index (κ1) is 13.8. The van der Waals surface area contributed by atoms with Gasteiger partial charge in [0, 0.05) is 0 Å². The third-order valence-corrected chi connectivity index (χ3v) is 2.33. The molecule has 1 aliphatic rings. The Morgan fingerprint density at radius 2 is 1.94 bits per heavy atom. The molecule has 0 aliphatic carbocycles. The van der Waals surface area contributed by atoms with E-state index in [-0.39, 0.29) is 12.6 Å². The summed E-state index contributed by atoms with van der Waals surface area (Å²) in [5.41, 5.74) is -0.641. The first-order valence-corrected chi connectivity index (χ1v) is 5.54. The van der Waals surface area contributed by atoms with Crippen molar-refractivity contribution in [3.63, 3.8) is 0 Å². The van der Waals surface area contributed by atoms with Crippen LogP contribution in [0.5, 0.6) is 0 Å². The van der Waals surface area contributed by atoms with Gasteiger partial charge in [0.05, 0.1) is 19.3 Å². The second-order valence-corrected chi connectivity index (χ2v) is 5.13. The highest BCUT2D eigenvalue weighted by atomic mass is 16.6. The van der Waals surface area contributed by atoms with Gasteiger partial charge in [0.1, 0.15) is 5.60 Å². The van der Waals surface area contributed by atoms with Crippen LogP contribution < -0.4 is 0 Å². The van der Waals surface area contributed by atoms with Crippen LogP contribution in [0.3, 0.4) is 0 Å². The van der Waals surface area contributed by atoms with Crippen LogP contribution in [0.1, 0.15) is 27.7 Å². The molecule has 98 valence electrons. The van der Waals surface area contributed by atoms with E-state index in [1.807, 2.05) is 0 Å². The van der Waals surface area contributed by atoms with Crippen molar-refractivity contribution in [3.8, 4) is 0 Å². The summed E-state index contributed by atoms with van der Waals surface area (Å²) in [6.45, 7) is 7.28. The third kappa shape index (κ3) is 3.59. The van der Waals surface area contributed by atoms with Gasteiger partial charge in [-0.3, -0.25) is 4.90 Å². The van der Waals surface area contributed by atoms with E-state index in [1.54, 1.807) is 27.7 Å². The van der Waals surface area contributed by atoms with Gasteiger partial charge in [0.2, 0.25) is 0 Å². The van der Waals surface area contributed by atoms with Gasteiger partial charge in [-0.15, -0.1) is 0 Å². The molecule has 2 atom stereocenters. The maximum atomic E-state index is 11.9. The number of hydrogen-bond donors (Lipinski definition) is 1. The van der Waals surface area contributed by atoms with E-state index in [1.165, 1.54) is 4.90 Å². The van der Waals surface area contributed by atoms with E-state index in [0.717, 1.165) is 0 Å². The van der Waals surface area contributed by atoms with Gasteiger partial charge in [-0.05, 0) is 27.7 Å². The number of aliphatic carboxylic acids is 1. The Morgan fingerprint density at radius 3 is 2.41 bits per heavy atom. The van der Waals surface area contributed by atoms with Crippen molar-refractivity contribution >= 4 is 12.1 Å². The summed E-state index contributed by atoms with van der Waals surface area (Å²) in [4.78, 5) is 24.2. The average molecular weight is 245 g/mol. The molecule has 0 aromatic heterocycles. The van der Waals surface area contributed by atoms with Crippen LogP contribution in [0, 0.1) is 0 Å². The normalized spacial score (nSPS) is 25.5. The monoisotopic (exact) mass is 245 g/mol. The minimum Gasteiger partial charge on any atom is -0.480 e. The fourth-order valence-electron chi connectivity index (χ4n) is 1.63. The Kier molecular flexibility index (Phi) is 3.98. The van der Waals surface area contributed by atoms with E-state index in [0.29, 0.717) is 6.61 Å². The molecule has 0 aromatic rings. The van der Waals surface area contributed by atoms with Crippen LogP contribution >= 0.6 is 0 Å². The number of carbonyl (C=O) groups is 2. The van der Waals surface area contributed by atoms with Gasteiger partial charge in [0.25, 0.3) is 0 Å². The van der Waals surface area contributed by atoms with Crippen LogP contribution in [0.15, 0.2) is 0 Å². The van der Waals surface area contributed by atoms with Crippen molar-refractivity contribution < 1.29 is 24.2 Å². The molecule has 1 rings (SSSR count). The van der Waals surface area contributed by atoms with Crippen LogP contribution in [-0.4, -0.2) is 53.0 Å². The van der Waals surface area contributed by atoms with Gasteiger partial charge in [-0.25, -0.2) is 9.59 Å². The summed E-state index contributed by atoms with van der Waals surface area (Å²) in [7, 11) is 0. The van der Waals surface area contributed by atoms with E-state index in [2.05, 4.69) is 0 Å². The maximum absolute atomic E-state index is 11.9.